The van der Waals surface area contributed by atoms with E-state index >= 15 is 0 Å². The minimum Gasteiger partial charge on any atom is -0.399 e. The number of hydrogen-bond acceptors (Lipinski definition) is 4. The van der Waals surface area contributed by atoms with Crippen LogP contribution in [0.25, 0.3) is 6.08 Å². The fourth-order valence-electron chi connectivity index (χ4n) is 1.85. The van der Waals surface area contributed by atoms with Crippen LogP contribution in [0.1, 0.15) is 11.1 Å². The maximum absolute atomic E-state index is 11.9. The summed E-state index contributed by atoms with van der Waals surface area (Å²) in [5.74, 6) is -0.441. The summed E-state index contributed by atoms with van der Waals surface area (Å²) in [7, 11) is 0. The van der Waals surface area contributed by atoms with Gasteiger partial charge in [0.2, 0.25) is 5.91 Å². The third-order valence-electron chi connectivity index (χ3n) is 2.97. The van der Waals surface area contributed by atoms with Gasteiger partial charge in [0.1, 0.15) is 5.69 Å². The molecule has 22 heavy (non-hydrogen) atoms. The van der Waals surface area contributed by atoms with Gasteiger partial charge in [0.15, 0.2) is 0 Å². The fourth-order valence-corrected chi connectivity index (χ4v) is 1.85. The summed E-state index contributed by atoms with van der Waals surface area (Å²) in [6, 6.07) is 11.6. The first kappa shape index (κ1) is 15.2. The molecule has 0 atom stereocenters. The van der Waals surface area contributed by atoms with Crippen LogP contribution < -0.4 is 11.1 Å². The van der Waals surface area contributed by atoms with E-state index in [0.717, 1.165) is 11.1 Å². The molecule has 0 aliphatic rings. The van der Waals surface area contributed by atoms with E-state index < -0.39 is 10.8 Å². The van der Waals surface area contributed by atoms with Crippen LogP contribution in [0, 0.1) is 17.0 Å². The van der Waals surface area contributed by atoms with Crippen molar-refractivity contribution in [1.82, 2.24) is 0 Å². The van der Waals surface area contributed by atoms with Crippen LogP contribution in [0.4, 0.5) is 17.1 Å². The van der Waals surface area contributed by atoms with Crippen LogP contribution in [0.2, 0.25) is 0 Å². The predicted octanol–water partition coefficient (Wildman–Crippen LogP) is 3.14. The number of benzene rings is 2. The van der Waals surface area contributed by atoms with Crippen molar-refractivity contribution in [2.45, 2.75) is 6.92 Å². The van der Waals surface area contributed by atoms with Gasteiger partial charge in [0.05, 0.1) is 4.92 Å². The number of rotatable bonds is 4. The van der Waals surface area contributed by atoms with Crippen molar-refractivity contribution < 1.29 is 9.72 Å². The summed E-state index contributed by atoms with van der Waals surface area (Å²) in [5, 5.41) is 13.5. The van der Waals surface area contributed by atoms with Crippen molar-refractivity contribution in [3.63, 3.8) is 0 Å². The lowest BCUT2D eigenvalue weighted by Gasteiger charge is -2.04. The summed E-state index contributed by atoms with van der Waals surface area (Å²) < 4.78 is 0. The lowest BCUT2D eigenvalue weighted by molar-refractivity contribution is -0.384. The third kappa shape index (κ3) is 3.92. The average molecular weight is 297 g/mol. The Morgan fingerprint density at radius 3 is 2.55 bits per heavy atom. The van der Waals surface area contributed by atoms with Gasteiger partial charge in [0.25, 0.3) is 5.69 Å². The largest absolute Gasteiger partial charge is 0.399 e. The summed E-state index contributed by atoms with van der Waals surface area (Å²) in [6.45, 7) is 1.75. The highest BCUT2D eigenvalue weighted by molar-refractivity contribution is 6.03. The maximum atomic E-state index is 11.9. The highest BCUT2D eigenvalue weighted by Crippen LogP contribution is 2.25. The molecule has 2 rings (SSSR count). The number of nitrogens with zero attached hydrogens (tertiary/aromatic N) is 1. The third-order valence-corrected chi connectivity index (χ3v) is 2.97. The molecule has 0 unspecified atom stereocenters. The van der Waals surface area contributed by atoms with Gasteiger partial charge in [-0.05, 0) is 42.3 Å². The quantitative estimate of drug-likeness (QED) is 0.392. The summed E-state index contributed by atoms with van der Waals surface area (Å²) >= 11 is 0. The van der Waals surface area contributed by atoms with Crippen LogP contribution in [0.15, 0.2) is 48.5 Å². The minimum atomic E-state index is -0.522. The Hall–Kier alpha value is -3.15. The number of carbonyl (C=O) groups is 1. The zero-order valence-corrected chi connectivity index (χ0v) is 11.9. The molecule has 0 aliphatic carbocycles. The molecule has 0 radical (unpaired) electrons. The number of carbonyl (C=O) groups excluding carboxylic acids is 1. The second-order valence-corrected chi connectivity index (χ2v) is 4.77. The maximum Gasteiger partial charge on any atom is 0.293 e. The van der Waals surface area contributed by atoms with Crippen LogP contribution in [0.3, 0.4) is 0 Å². The van der Waals surface area contributed by atoms with Gasteiger partial charge in [-0.25, -0.2) is 0 Å². The number of amides is 1. The van der Waals surface area contributed by atoms with Crippen molar-refractivity contribution in [2.75, 3.05) is 11.1 Å². The van der Waals surface area contributed by atoms with Crippen molar-refractivity contribution >= 4 is 29.0 Å². The lowest BCUT2D eigenvalue weighted by atomic mass is 10.2. The average Bonchev–Trinajstić information content (AvgIpc) is 2.48. The number of aryl methyl sites for hydroxylation is 1. The Bertz CT molecular complexity index is 737. The molecule has 2 aromatic rings. The van der Waals surface area contributed by atoms with Crippen LogP contribution in [-0.2, 0) is 4.79 Å². The number of nitrogens with one attached hydrogen (secondary N) is 1. The van der Waals surface area contributed by atoms with Gasteiger partial charge in [-0.3, -0.25) is 14.9 Å². The van der Waals surface area contributed by atoms with E-state index in [9.17, 15) is 14.9 Å². The molecule has 6 nitrogen and oxygen atoms in total. The second kappa shape index (κ2) is 6.53. The second-order valence-electron chi connectivity index (χ2n) is 4.77. The van der Waals surface area contributed by atoms with E-state index in [-0.39, 0.29) is 11.4 Å². The monoisotopic (exact) mass is 297 g/mol. The molecule has 0 saturated heterocycles. The van der Waals surface area contributed by atoms with E-state index in [1.807, 2.05) is 0 Å². The molecule has 1 amide bonds. The van der Waals surface area contributed by atoms with E-state index in [1.54, 1.807) is 43.3 Å². The van der Waals surface area contributed by atoms with Crippen LogP contribution in [-0.4, -0.2) is 10.8 Å². The minimum absolute atomic E-state index is 0.130. The Morgan fingerprint density at radius 1 is 1.23 bits per heavy atom. The number of nitrogen functional groups attached to an aromatic ring is 1. The highest BCUT2D eigenvalue weighted by atomic mass is 16.6. The number of nitro benzene ring substituents is 1. The molecule has 0 aliphatic heterocycles. The van der Waals surface area contributed by atoms with Gasteiger partial charge >= 0.3 is 0 Å². The molecule has 3 N–H and O–H groups in total. The predicted molar refractivity (Wildman–Crippen MR) is 86.4 cm³/mol. The van der Waals surface area contributed by atoms with E-state index in [1.165, 1.54) is 18.2 Å². The Kier molecular flexibility index (Phi) is 4.53. The summed E-state index contributed by atoms with van der Waals surface area (Å²) in [5.41, 5.74) is 7.81. The zero-order chi connectivity index (χ0) is 16.1. The molecule has 0 spiro atoms. The van der Waals surface area contributed by atoms with Gasteiger partial charge in [-0.2, -0.15) is 0 Å². The van der Waals surface area contributed by atoms with Crippen molar-refractivity contribution in [1.29, 1.82) is 0 Å². The van der Waals surface area contributed by atoms with Gasteiger partial charge in [-0.15, -0.1) is 0 Å². The molecular formula is C16H15N3O3. The molecule has 0 bridgehead atoms. The van der Waals surface area contributed by atoms with Crippen molar-refractivity contribution in [3.8, 4) is 0 Å². The molecule has 0 fully saturated rings. The Morgan fingerprint density at radius 2 is 1.91 bits per heavy atom. The lowest BCUT2D eigenvalue weighted by Crippen LogP contribution is -2.09. The fraction of sp³-hybridized carbons (Fsp3) is 0.0625. The van der Waals surface area contributed by atoms with Gasteiger partial charge in [-0.1, -0.05) is 18.2 Å². The first-order valence-corrected chi connectivity index (χ1v) is 6.55. The first-order chi connectivity index (χ1) is 10.5. The molecule has 112 valence electrons. The van der Waals surface area contributed by atoms with Crippen LogP contribution >= 0.6 is 0 Å². The summed E-state index contributed by atoms with van der Waals surface area (Å²) in [6.07, 6.45) is 2.92. The normalized spacial score (nSPS) is 10.6. The number of hydrogen-bond donors (Lipinski definition) is 2. The Labute approximate surface area is 127 Å². The Balaban J connectivity index is 2.12. The zero-order valence-electron chi connectivity index (χ0n) is 11.9. The van der Waals surface area contributed by atoms with E-state index in [0.29, 0.717) is 5.69 Å². The number of nitro groups is 1. The number of anilines is 2. The van der Waals surface area contributed by atoms with E-state index in [4.69, 9.17) is 5.73 Å². The van der Waals surface area contributed by atoms with Crippen LogP contribution in [0.5, 0.6) is 0 Å². The van der Waals surface area contributed by atoms with Gasteiger partial charge < -0.3 is 11.1 Å². The SMILES string of the molecule is Cc1ccc(NC(=O)/C=C/c2ccc(N)cc2)c([N+](=O)[O-])c1. The van der Waals surface area contributed by atoms with E-state index in [2.05, 4.69) is 5.32 Å². The molecular weight excluding hydrogens is 282 g/mol. The molecule has 2 aromatic carbocycles. The summed E-state index contributed by atoms with van der Waals surface area (Å²) in [4.78, 5) is 22.3. The van der Waals surface area contributed by atoms with Crippen molar-refractivity contribution in [2.24, 2.45) is 0 Å². The van der Waals surface area contributed by atoms with Crippen molar-refractivity contribution in [3.05, 3.63) is 69.8 Å². The molecule has 6 heteroatoms. The molecule has 0 aromatic heterocycles. The first-order valence-electron chi connectivity index (χ1n) is 6.55. The van der Waals surface area contributed by atoms with Gasteiger partial charge in [0, 0.05) is 17.8 Å². The molecule has 0 heterocycles. The standard InChI is InChI=1S/C16H15N3O3/c1-11-2-8-14(15(10-11)19(21)22)18-16(20)9-5-12-3-6-13(17)7-4-12/h2-10H,17H2,1H3,(H,18,20)/b9-5+. The smallest absolute Gasteiger partial charge is 0.293 e. The molecule has 0 saturated carbocycles. The highest BCUT2D eigenvalue weighted by Gasteiger charge is 2.14. The number of nitrogens with two attached hydrogens (primary N) is 1. The topological polar surface area (TPSA) is 98.3 Å².